The lowest BCUT2D eigenvalue weighted by Gasteiger charge is -2.24. The molecule has 0 fully saturated rings. The van der Waals surface area contributed by atoms with Crippen molar-refractivity contribution in [1.82, 2.24) is 9.97 Å². The Hall–Kier alpha value is -1.17. The maximum absolute atomic E-state index is 4.72. The fourth-order valence-electron chi connectivity index (χ4n) is 2.85. The Bertz CT molecular complexity index is 640. The van der Waals surface area contributed by atoms with Gasteiger partial charge in [-0.3, -0.25) is 0 Å². The van der Waals surface area contributed by atoms with Crippen LogP contribution in [0.15, 0.2) is 24.3 Å². The number of aromatic nitrogens is 2. The van der Waals surface area contributed by atoms with Gasteiger partial charge in [-0.15, -0.1) is 0 Å². The van der Waals surface area contributed by atoms with Crippen molar-refractivity contribution in [2.45, 2.75) is 32.1 Å². The molecular weight excluding hydrogens is 361 g/mol. The Labute approximate surface area is 133 Å². The van der Waals surface area contributed by atoms with Crippen LogP contribution in [0.25, 0.3) is 0 Å². The van der Waals surface area contributed by atoms with Crippen LogP contribution in [0.1, 0.15) is 35.0 Å². The lowest BCUT2D eigenvalue weighted by molar-refractivity contribution is 0.553. The topological polar surface area (TPSA) is 37.8 Å². The van der Waals surface area contributed by atoms with E-state index in [-0.39, 0.29) is 0 Å². The summed E-state index contributed by atoms with van der Waals surface area (Å²) in [6, 6.07) is 8.73. The van der Waals surface area contributed by atoms with Crippen molar-refractivity contribution in [3.8, 4) is 0 Å². The van der Waals surface area contributed by atoms with Crippen LogP contribution in [-0.4, -0.2) is 17.0 Å². The fourth-order valence-corrected chi connectivity index (χ4v) is 3.36. The quantitative estimate of drug-likeness (QED) is 0.809. The van der Waals surface area contributed by atoms with Gasteiger partial charge in [-0.25, -0.2) is 9.97 Å². The SMILES string of the molecule is CNc1nc(C2CCc3ccccc3C2)nc(C)c1I. The summed E-state index contributed by atoms with van der Waals surface area (Å²) in [6.45, 7) is 2.06. The number of hydrogen-bond acceptors (Lipinski definition) is 3. The van der Waals surface area contributed by atoms with Gasteiger partial charge in [0.15, 0.2) is 0 Å². The first-order valence-corrected chi connectivity index (χ1v) is 8.05. The summed E-state index contributed by atoms with van der Waals surface area (Å²) in [4.78, 5) is 9.44. The van der Waals surface area contributed by atoms with Crippen molar-refractivity contribution in [2.24, 2.45) is 0 Å². The van der Waals surface area contributed by atoms with E-state index in [1.807, 2.05) is 7.05 Å². The number of nitrogens with zero attached hydrogens (tertiary/aromatic N) is 2. The highest BCUT2D eigenvalue weighted by atomic mass is 127. The van der Waals surface area contributed by atoms with E-state index in [4.69, 9.17) is 9.97 Å². The van der Waals surface area contributed by atoms with Crippen molar-refractivity contribution in [3.05, 3.63) is 50.5 Å². The molecule has 2 aromatic rings. The Morgan fingerprint density at radius 3 is 2.70 bits per heavy atom. The molecule has 3 rings (SSSR count). The summed E-state index contributed by atoms with van der Waals surface area (Å²) in [5.74, 6) is 2.38. The molecule has 1 aliphatic rings. The van der Waals surface area contributed by atoms with Crippen LogP contribution in [0, 0.1) is 10.5 Å². The zero-order valence-electron chi connectivity index (χ0n) is 11.8. The molecule has 1 aromatic heterocycles. The van der Waals surface area contributed by atoms with Gasteiger partial charge in [0, 0.05) is 13.0 Å². The molecule has 0 spiro atoms. The van der Waals surface area contributed by atoms with Gasteiger partial charge < -0.3 is 5.32 Å². The van der Waals surface area contributed by atoms with E-state index >= 15 is 0 Å². The molecule has 104 valence electrons. The minimum Gasteiger partial charge on any atom is -0.372 e. The first-order valence-electron chi connectivity index (χ1n) is 6.97. The Morgan fingerprint density at radius 1 is 1.20 bits per heavy atom. The molecule has 1 aliphatic carbocycles. The first kappa shape index (κ1) is 13.8. The molecule has 0 saturated carbocycles. The van der Waals surface area contributed by atoms with Gasteiger partial charge in [-0.1, -0.05) is 24.3 Å². The second-order valence-electron chi connectivity index (χ2n) is 5.29. The maximum Gasteiger partial charge on any atom is 0.143 e. The van der Waals surface area contributed by atoms with Crippen LogP contribution < -0.4 is 5.32 Å². The summed E-state index contributed by atoms with van der Waals surface area (Å²) < 4.78 is 1.12. The van der Waals surface area contributed by atoms with Gasteiger partial charge in [-0.2, -0.15) is 0 Å². The van der Waals surface area contributed by atoms with E-state index < -0.39 is 0 Å². The van der Waals surface area contributed by atoms with Gasteiger partial charge in [0.1, 0.15) is 11.6 Å². The number of aryl methyl sites for hydroxylation is 2. The highest BCUT2D eigenvalue weighted by Gasteiger charge is 2.23. The second kappa shape index (κ2) is 5.68. The van der Waals surface area contributed by atoms with Gasteiger partial charge in [0.2, 0.25) is 0 Å². The number of fused-ring (bicyclic) bond motifs is 1. The molecule has 20 heavy (non-hydrogen) atoms. The molecule has 0 aliphatic heterocycles. The summed E-state index contributed by atoms with van der Waals surface area (Å²) in [5, 5.41) is 3.18. The van der Waals surface area contributed by atoms with Crippen LogP contribution >= 0.6 is 22.6 Å². The molecule has 1 aromatic carbocycles. The van der Waals surface area contributed by atoms with E-state index in [2.05, 4.69) is 59.1 Å². The number of anilines is 1. The molecular formula is C16H18IN3. The van der Waals surface area contributed by atoms with Gasteiger partial charge in [0.05, 0.1) is 9.26 Å². The van der Waals surface area contributed by atoms with Gasteiger partial charge >= 0.3 is 0 Å². The number of benzene rings is 1. The van der Waals surface area contributed by atoms with Crippen LogP contribution in [0.4, 0.5) is 5.82 Å². The van der Waals surface area contributed by atoms with Crippen molar-refractivity contribution in [3.63, 3.8) is 0 Å². The minimum atomic E-state index is 0.438. The number of hydrogen-bond donors (Lipinski definition) is 1. The zero-order chi connectivity index (χ0) is 14.1. The molecule has 0 bridgehead atoms. The molecule has 3 nitrogen and oxygen atoms in total. The maximum atomic E-state index is 4.72. The van der Waals surface area contributed by atoms with Crippen molar-refractivity contribution >= 4 is 28.4 Å². The third-order valence-corrected chi connectivity index (χ3v) is 5.27. The van der Waals surface area contributed by atoms with E-state index in [1.54, 1.807) is 0 Å². The lowest BCUT2D eigenvalue weighted by atomic mass is 9.83. The second-order valence-corrected chi connectivity index (χ2v) is 6.37. The minimum absolute atomic E-state index is 0.438. The smallest absolute Gasteiger partial charge is 0.143 e. The predicted molar refractivity (Wildman–Crippen MR) is 90.2 cm³/mol. The molecule has 0 saturated heterocycles. The largest absolute Gasteiger partial charge is 0.372 e. The average molecular weight is 379 g/mol. The first-order chi connectivity index (χ1) is 9.69. The van der Waals surface area contributed by atoms with Crippen LogP contribution in [0.3, 0.4) is 0 Å². The molecule has 1 atom stereocenters. The lowest BCUT2D eigenvalue weighted by Crippen LogP contribution is -2.17. The van der Waals surface area contributed by atoms with E-state index in [9.17, 15) is 0 Å². The van der Waals surface area contributed by atoms with Crippen molar-refractivity contribution in [2.75, 3.05) is 12.4 Å². The van der Waals surface area contributed by atoms with E-state index in [0.29, 0.717) is 5.92 Å². The van der Waals surface area contributed by atoms with Crippen molar-refractivity contribution < 1.29 is 0 Å². The average Bonchev–Trinajstić information content (AvgIpc) is 2.49. The third-order valence-electron chi connectivity index (χ3n) is 3.98. The number of nitrogens with one attached hydrogen (secondary N) is 1. The predicted octanol–water partition coefficient (Wildman–Crippen LogP) is 3.70. The Balaban J connectivity index is 1.93. The van der Waals surface area contributed by atoms with Crippen LogP contribution in [-0.2, 0) is 12.8 Å². The molecule has 1 N–H and O–H groups in total. The van der Waals surface area contributed by atoms with Gasteiger partial charge in [0.25, 0.3) is 0 Å². The monoisotopic (exact) mass is 379 g/mol. The summed E-state index contributed by atoms with van der Waals surface area (Å²) >= 11 is 2.31. The molecule has 1 heterocycles. The summed E-state index contributed by atoms with van der Waals surface area (Å²) in [6.07, 6.45) is 3.32. The van der Waals surface area contributed by atoms with Crippen LogP contribution in [0.2, 0.25) is 0 Å². The zero-order valence-corrected chi connectivity index (χ0v) is 13.9. The number of halogens is 1. The van der Waals surface area contributed by atoms with Gasteiger partial charge in [-0.05, 0) is 59.9 Å². The normalized spacial score (nSPS) is 17.6. The number of rotatable bonds is 2. The Morgan fingerprint density at radius 2 is 1.95 bits per heavy atom. The van der Waals surface area contributed by atoms with Crippen molar-refractivity contribution in [1.29, 1.82) is 0 Å². The Kier molecular flexibility index (Phi) is 3.92. The van der Waals surface area contributed by atoms with Crippen LogP contribution in [0.5, 0.6) is 0 Å². The third kappa shape index (κ3) is 2.53. The molecule has 4 heteroatoms. The molecule has 1 unspecified atom stereocenters. The highest BCUT2D eigenvalue weighted by Crippen LogP contribution is 2.32. The van der Waals surface area contributed by atoms with E-state index in [1.165, 1.54) is 11.1 Å². The fraction of sp³-hybridized carbons (Fsp3) is 0.375. The highest BCUT2D eigenvalue weighted by molar-refractivity contribution is 14.1. The molecule has 0 radical (unpaired) electrons. The van der Waals surface area contributed by atoms with E-state index in [0.717, 1.165) is 40.2 Å². The summed E-state index contributed by atoms with van der Waals surface area (Å²) in [7, 11) is 1.92. The standard InChI is InChI=1S/C16H18IN3/c1-10-14(17)16(18-2)20-15(19-10)13-8-7-11-5-3-4-6-12(11)9-13/h3-6,13H,7-9H2,1-2H3,(H,18,19,20). The molecule has 0 amide bonds. The summed E-state index contributed by atoms with van der Waals surface area (Å²) in [5.41, 5.74) is 4.01.